The number of nitrogens with zero attached hydrogens (tertiary/aromatic N) is 2. The molecule has 2 N–H and O–H groups in total. The topological polar surface area (TPSA) is 51.8 Å². The molecule has 1 aromatic heterocycles. The summed E-state index contributed by atoms with van der Waals surface area (Å²) in [4.78, 5) is 0. The lowest BCUT2D eigenvalue weighted by Gasteiger charge is -2.10. The molecular weight excluding hydrogens is 278 g/mol. The lowest BCUT2D eigenvalue weighted by molar-refractivity contribution is 0.824. The van der Waals surface area contributed by atoms with Crippen molar-refractivity contribution in [2.75, 3.05) is 0 Å². The minimum Gasteiger partial charge on any atom is -0.326 e. The van der Waals surface area contributed by atoms with Crippen LogP contribution in [0.2, 0.25) is 5.02 Å². The van der Waals surface area contributed by atoms with E-state index < -0.39 is 0 Å². The number of aryl methyl sites for hydroxylation is 1. The maximum Gasteiger partial charge on any atom is 0.124 e. The van der Waals surface area contributed by atoms with Gasteiger partial charge in [0.15, 0.2) is 0 Å². The summed E-state index contributed by atoms with van der Waals surface area (Å²) in [5.74, 6) is 0.835. The van der Waals surface area contributed by atoms with E-state index in [9.17, 15) is 0 Å². The first kappa shape index (κ1) is 14.3. The van der Waals surface area contributed by atoms with Gasteiger partial charge in [-0.2, -0.15) is 5.10 Å². The summed E-state index contributed by atoms with van der Waals surface area (Å²) < 4.78 is 0. The number of thioether (sulfide) groups is 1. The van der Waals surface area contributed by atoms with Crippen LogP contribution in [0.3, 0.4) is 0 Å². The molecule has 1 heterocycles. The summed E-state index contributed by atoms with van der Waals surface area (Å²) in [6.45, 7) is 4.48. The number of hydrogen-bond acceptors (Lipinski definition) is 4. The van der Waals surface area contributed by atoms with Crippen molar-refractivity contribution in [1.82, 2.24) is 10.2 Å². The van der Waals surface area contributed by atoms with Crippen molar-refractivity contribution in [3.05, 3.63) is 51.7 Å². The van der Waals surface area contributed by atoms with Crippen LogP contribution in [0.15, 0.2) is 29.3 Å². The predicted octanol–water partition coefficient (Wildman–Crippen LogP) is 3.50. The van der Waals surface area contributed by atoms with E-state index in [-0.39, 0.29) is 0 Å². The fraction of sp³-hybridized carbons (Fsp3) is 0.286. The summed E-state index contributed by atoms with van der Waals surface area (Å²) in [5.41, 5.74) is 10.2. The Morgan fingerprint density at radius 1 is 1.16 bits per heavy atom. The zero-order valence-electron chi connectivity index (χ0n) is 11.0. The van der Waals surface area contributed by atoms with Gasteiger partial charge in [0.05, 0.1) is 5.69 Å². The van der Waals surface area contributed by atoms with Gasteiger partial charge in [0.1, 0.15) is 5.03 Å². The van der Waals surface area contributed by atoms with E-state index in [0.29, 0.717) is 6.54 Å². The molecule has 0 radical (unpaired) electrons. The summed E-state index contributed by atoms with van der Waals surface area (Å²) in [6.07, 6.45) is 0. The van der Waals surface area contributed by atoms with E-state index in [0.717, 1.165) is 32.6 Å². The number of rotatable bonds is 4. The van der Waals surface area contributed by atoms with E-state index in [2.05, 4.69) is 10.2 Å². The van der Waals surface area contributed by atoms with Crippen molar-refractivity contribution >= 4 is 23.4 Å². The molecule has 0 spiro atoms. The zero-order valence-corrected chi connectivity index (χ0v) is 12.6. The second-order valence-electron chi connectivity index (χ2n) is 4.31. The van der Waals surface area contributed by atoms with Gasteiger partial charge in [0, 0.05) is 22.9 Å². The van der Waals surface area contributed by atoms with Gasteiger partial charge in [0.25, 0.3) is 0 Å². The fourth-order valence-corrected chi connectivity index (χ4v) is 2.85. The van der Waals surface area contributed by atoms with Crippen LogP contribution in [0.25, 0.3) is 0 Å². The van der Waals surface area contributed by atoms with Crippen molar-refractivity contribution in [1.29, 1.82) is 0 Å². The highest BCUT2D eigenvalue weighted by atomic mass is 35.5. The highest BCUT2D eigenvalue weighted by molar-refractivity contribution is 7.98. The van der Waals surface area contributed by atoms with Crippen LogP contribution in [0.5, 0.6) is 0 Å². The molecule has 0 saturated heterocycles. The summed E-state index contributed by atoms with van der Waals surface area (Å²) >= 11 is 7.53. The third-order valence-electron chi connectivity index (χ3n) is 3.04. The average Bonchev–Trinajstić information content (AvgIpc) is 2.42. The molecule has 0 aliphatic rings. The molecule has 0 saturated carbocycles. The maximum atomic E-state index is 5.87. The third-order valence-corrected chi connectivity index (χ3v) is 4.37. The van der Waals surface area contributed by atoms with Crippen molar-refractivity contribution in [3.8, 4) is 0 Å². The molecule has 0 aliphatic carbocycles. The Balaban J connectivity index is 2.15. The molecule has 100 valence electrons. The van der Waals surface area contributed by atoms with E-state index in [1.165, 1.54) is 5.56 Å². The van der Waals surface area contributed by atoms with Gasteiger partial charge in [-0.05, 0) is 37.1 Å². The lowest BCUT2D eigenvalue weighted by Crippen LogP contribution is -2.07. The Morgan fingerprint density at radius 2 is 1.84 bits per heavy atom. The van der Waals surface area contributed by atoms with Gasteiger partial charge in [0.2, 0.25) is 0 Å². The maximum absolute atomic E-state index is 5.87. The number of halogens is 1. The highest BCUT2D eigenvalue weighted by Gasteiger charge is 2.10. The Bertz CT molecular complexity index is 570. The first-order valence-corrected chi connectivity index (χ1v) is 7.38. The fourth-order valence-electron chi connectivity index (χ4n) is 1.72. The number of aromatic nitrogens is 2. The Labute approximate surface area is 122 Å². The van der Waals surface area contributed by atoms with Gasteiger partial charge in [-0.15, -0.1) is 5.10 Å². The lowest BCUT2D eigenvalue weighted by atomic mass is 10.1. The molecule has 0 atom stereocenters. The van der Waals surface area contributed by atoms with Crippen molar-refractivity contribution < 1.29 is 0 Å². The van der Waals surface area contributed by atoms with Gasteiger partial charge < -0.3 is 5.73 Å². The normalized spacial score (nSPS) is 10.7. The SMILES string of the molecule is Cc1nnc(SCc2ccc(Cl)cc2)c(CN)c1C. The number of benzene rings is 1. The first-order valence-electron chi connectivity index (χ1n) is 6.02. The highest BCUT2D eigenvalue weighted by Crippen LogP contribution is 2.26. The van der Waals surface area contributed by atoms with E-state index in [1.807, 2.05) is 38.1 Å². The molecule has 1 aromatic carbocycles. The van der Waals surface area contributed by atoms with Gasteiger partial charge in [-0.25, -0.2) is 0 Å². The van der Waals surface area contributed by atoms with E-state index >= 15 is 0 Å². The summed E-state index contributed by atoms with van der Waals surface area (Å²) in [5, 5.41) is 10.1. The molecule has 2 rings (SSSR count). The van der Waals surface area contributed by atoms with Crippen LogP contribution in [0.1, 0.15) is 22.4 Å². The second-order valence-corrected chi connectivity index (χ2v) is 5.71. The van der Waals surface area contributed by atoms with Crippen LogP contribution < -0.4 is 5.73 Å². The quantitative estimate of drug-likeness (QED) is 0.877. The Hall–Kier alpha value is -1.10. The average molecular weight is 294 g/mol. The largest absolute Gasteiger partial charge is 0.326 e. The number of hydrogen-bond donors (Lipinski definition) is 1. The number of nitrogens with two attached hydrogens (primary N) is 1. The summed E-state index contributed by atoms with van der Waals surface area (Å²) in [7, 11) is 0. The van der Waals surface area contributed by atoms with Crippen LogP contribution in [0.4, 0.5) is 0 Å². The van der Waals surface area contributed by atoms with E-state index in [4.69, 9.17) is 17.3 Å². The summed E-state index contributed by atoms with van der Waals surface area (Å²) in [6, 6.07) is 7.83. The first-order chi connectivity index (χ1) is 9.11. The van der Waals surface area contributed by atoms with Crippen molar-refractivity contribution in [2.45, 2.75) is 31.2 Å². The molecule has 5 heteroatoms. The third kappa shape index (κ3) is 3.47. The Kier molecular flexibility index (Phi) is 4.80. The van der Waals surface area contributed by atoms with Crippen LogP contribution in [-0.4, -0.2) is 10.2 Å². The predicted molar refractivity (Wildman–Crippen MR) is 80.4 cm³/mol. The van der Waals surface area contributed by atoms with Crippen molar-refractivity contribution in [3.63, 3.8) is 0 Å². The molecule has 19 heavy (non-hydrogen) atoms. The molecule has 3 nitrogen and oxygen atoms in total. The van der Waals surface area contributed by atoms with Crippen molar-refractivity contribution in [2.24, 2.45) is 5.73 Å². The minimum absolute atomic E-state index is 0.491. The molecular formula is C14H16ClN3S. The minimum atomic E-state index is 0.491. The van der Waals surface area contributed by atoms with Crippen LogP contribution in [0, 0.1) is 13.8 Å². The second kappa shape index (κ2) is 6.37. The molecule has 0 unspecified atom stereocenters. The van der Waals surface area contributed by atoms with Crippen LogP contribution in [-0.2, 0) is 12.3 Å². The molecule has 0 amide bonds. The van der Waals surface area contributed by atoms with Gasteiger partial charge in [-0.1, -0.05) is 35.5 Å². The molecule has 2 aromatic rings. The molecule has 0 bridgehead atoms. The Morgan fingerprint density at radius 3 is 2.47 bits per heavy atom. The van der Waals surface area contributed by atoms with E-state index in [1.54, 1.807) is 11.8 Å². The molecule has 0 fully saturated rings. The monoisotopic (exact) mass is 293 g/mol. The van der Waals surface area contributed by atoms with Gasteiger partial charge in [-0.3, -0.25) is 0 Å². The molecule has 0 aliphatic heterocycles. The van der Waals surface area contributed by atoms with Crippen LogP contribution >= 0.6 is 23.4 Å². The zero-order chi connectivity index (χ0) is 13.8. The standard InChI is InChI=1S/C14H16ClN3S/c1-9-10(2)17-18-14(13(9)7-16)19-8-11-3-5-12(15)6-4-11/h3-6H,7-8,16H2,1-2H3. The smallest absolute Gasteiger partial charge is 0.124 e. The van der Waals surface area contributed by atoms with Gasteiger partial charge >= 0.3 is 0 Å².